The van der Waals surface area contributed by atoms with Gasteiger partial charge in [-0.25, -0.2) is 4.39 Å². The zero-order valence-corrected chi connectivity index (χ0v) is 10.6. The highest BCUT2D eigenvalue weighted by Crippen LogP contribution is 2.27. The van der Waals surface area contributed by atoms with E-state index in [9.17, 15) is 4.39 Å². The second kappa shape index (κ2) is 5.15. The summed E-state index contributed by atoms with van der Waals surface area (Å²) in [7, 11) is 0. The van der Waals surface area contributed by atoms with Crippen LogP contribution in [0.2, 0.25) is 0 Å². The fraction of sp³-hybridized carbons (Fsp3) is 0.571. The SMILES string of the molecule is CC1CN(C(C)c2ccccc2F)CCC1N. The molecule has 17 heavy (non-hydrogen) atoms. The van der Waals surface area contributed by atoms with E-state index in [-0.39, 0.29) is 11.9 Å². The lowest BCUT2D eigenvalue weighted by Crippen LogP contribution is -2.46. The molecule has 1 fully saturated rings. The first-order valence-corrected chi connectivity index (χ1v) is 6.33. The Kier molecular flexibility index (Phi) is 3.79. The van der Waals surface area contributed by atoms with Crippen LogP contribution in [0, 0.1) is 11.7 Å². The molecule has 94 valence electrons. The van der Waals surface area contributed by atoms with Gasteiger partial charge >= 0.3 is 0 Å². The monoisotopic (exact) mass is 236 g/mol. The minimum Gasteiger partial charge on any atom is -0.327 e. The summed E-state index contributed by atoms with van der Waals surface area (Å²) in [5.41, 5.74) is 6.80. The molecule has 0 aromatic heterocycles. The first-order chi connectivity index (χ1) is 8.09. The van der Waals surface area contributed by atoms with E-state index < -0.39 is 0 Å². The van der Waals surface area contributed by atoms with Crippen LogP contribution in [0.4, 0.5) is 4.39 Å². The van der Waals surface area contributed by atoms with Crippen LogP contribution in [0.3, 0.4) is 0 Å². The Hall–Kier alpha value is -0.930. The molecule has 0 spiro atoms. The lowest BCUT2D eigenvalue weighted by Gasteiger charge is -2.38. The van der Waals surface area contributed by atoms with Crippen molar-refractivity contribution in [1.82, 2.24) is 4.90 Å². The Morgan fingerprint density at radius 1 is 1.41 bits per heavy atom. The molecule has 2 rings (SSSR count). The zero-order valence-electron chi connectivity index (χ0n) is 10.6. The van der Waals surface area contributed by atoms with E-state index >= 15 is 0 Å². The Labute approximate surface area is 103 Å². The quantitative estimate of drug-likeness (QED) is 0.855. The van der Waals surface area contributed by atoms with E-state index in [1.54, 1.807) is 6.07 Å². The molecule has 0 saturated carbocycles. The number of hydrogen-bond acceptors (Lipinski definition) is 2. The van der Waals surface area contributed by atoms with Crippen molar-refractivity contribution in [3.63, 3.8) is 0 Å². The third-order valence-electron chi connectivity index (χ3n) is 3.91. The molecule has 3 heteroatoms. The van der Waals surface area contributed by atoms with Crippen molar-refractivity contribution < 1.29 is 4.39 Å². The van der Waals surface area contributed by atoms with Crippen LogP contribution in [0.25, 0.3) is 0 Å². The second-order valence-electron chi connectivity index (χ2n) is 5.12. The first-order valence-electron chi connectivity index (χ1n) is 6.33. The molecule has 1 aromatic rings. The minimum atomic E-state index is -0.109. The number of benzene rings is 1. The summed E-state index contributed by atoms with van der Waals surface area (Å²) in [6.45, 7) is 6.16. The number of hydrogen-bond donors (Lipinski definition) is 1. The van der Waals surface area contributed by atoms with Crippen LogP contribution >= 0.6 is 0 Å². The van der Waals surface area contributed by atoms with Crippen LogP contribution in [-0.4, -0.2) is 24.0 Å². The van der Waals surface area contributed by atoms with Gasteiger partial charge in [-0.3, -0.25) is 4.90 Å². The third kappa shape index (κ3) is 2.67. The largest absolute Gasteiger partial charge is 0.327 e. The van der Waals surface area contributed by atoms with Crippen molar-refractivity contribution in [3.05, 3.63) is 35.6 Å². The molecular formula is C14H21FN2. The summed E-state index contributed by atoms with van der Waals surface area (Å²) >= 11 is 0. The lowest BCUT2D eigenvalue weighted by molar-refractivity contribution is 0.122. The van der Waals surface area contributed by atoms with Crippen molar-refractivity contribution in [1.29, 1.82) is 0 Å². The summed E-state index contributed by atoms with van der Waals surface area (Å²) in [6.07, 6.45) is 1.000. The fourth-order valence-electron chi connectivity index (χ4n) is 2.56. The van der Waals surface area contributed by atoms with Crippen molar-refractivity contribution in [2.24, 2.45) is 11.7 Å². The normalized spacial score (nSPS) is 28.0. The van der Waals surface area contributed by atoms with E-state index in [0.29, 0.717) is 12.0 Å². The van der Waals surface area contributed by atoms with Crippen LogP contribution in [0.5, 0.6) is 0 Å². The summed E-state index contributed by atoms with van der Waals surface area (Å²) in [4.78, 5) is 2.33. The molecule has 0 amide bonds. The van der Waals surface area contributed by atoms with E-state index in [4.69, 9.17) is 5.73 Å². The molecule has 2 N–H and O–H groups in total. The van der Waals surface area contributed by atoms with Gasteiger partial charge in [-0.15, -0.1) is 0 Å². The molecule has 0 bridgehead atoms. The number of halogens is 1. The van der Waals surface area contributed by atoms with E-state index in [2.05, 4.69) is 18.7 Å². The number of nitrogens with zero attached hydrogens (tertiary/aromatic N) is 1. The highest BCUT2D eigenvalue weighted by atomic mass is 19.1. The minimum absolute atomic E-state index is 0.109. The van der Waals surface area contributed by atoms with Crippen LogP contribution < -0.4 is 5.73 Å². The molecule has 1 aliphatic rings. The van der Waals surface area contributed by atoms with E-state index in [1.165, 1.54) is 6.07 Å². The van der Waals surface area contributed by atoms with Gasteiger partial charge in [0.05, 0.1) is 0 Å². The summed E-state index contributed by atoms with van der Waals surface area (Å²) in [5, 5.41) is 0. The van der Waals surface area contributed by atoms with Gasteiger partial charge in [0.15, 0.2) is 0 Å². The molecule has 0 aliphatic carbocycles. The van der Waals surface area contributed by atoms with Crippen molar-refractivity contribution in [2.75, 3.05) is 13.1 Å². The topological polar surface area (TPSA) is 29.3 Å². The van der Waals surface area contributed by atoms with Gasteiger partial charge in [0.1, 0.15) is 5.82 Å². The number of nitrogens with two attached hydrogens (primary N) is 1. The predicted octanol–water partition coefficient (Wildman–Crippen LogP) is 2.56. The lowest BCUT2D eigenvalue weighted by atomic mass is 9.92. The Morgan fingerprint density at radius 3 is 2.76 bits per heavy atom. The van der Waals surface area contributed by atoms with Gasteiger partial charge in [-0.1, -0.05) is 25.1 Å². The standard InChI is InChI=1S/C14H21FN2/c1-10-9-17(8-7-14(10)16)11(2)12-5-3-4-6-13(12)15/h3-6,10-11,14H,7-9,16H2,1-2H3. The Balaban J connectivity index is 2.10. The van der Waals surface area contributed by atoms with Gasteiger partial charge in [-0.05, 0) is 25.3 Å². The second-order valence-corrected chi connectivity index (χ2v) is 5.12. The molecule has 3 unspecified atom stereocenters. The molecular weight excluding hydrogens is 215 g/mol. The molecule has 1 aliphatic heterocycles. The highest BCUT2D eigenvalue weighted by molar-refractivity contribution is 5.20. The van der Waals surface area contributed by atoms with Crippen molar-refractivity contribution in [3.8, 4) is 0 Å². The number of rotatable bonds is 2. The Bertz CT molecular complexity index is 380. The number of likely N-dealkylation sites (tertiary alicyclic amines) is 1. The zero-order chi connectivity index (χ0) is 12.4. The van der Waals surface area contributed by atoms with Gasteiger partial charge in [0, 0.05) is 30.7 Å². The molecule has 1 aromatic carbocycles. The first kappa shape index (κ1) is 12.5. The van der Waals surface area contributed by atoms with Gasteiger partial charge in [0.2, 0.25) is 0 Å². The molecule has 2 nitrogen and oxygen atoms in total. The smallest absolute Gasteiger partial charge is 0.127 e. The highest BCUT2D eigenvalue weighted by Gasteiger charge is 2.27. The maximum atomic E-state index is 13.7. The average molecular weight is 236 g/mol. The molecule has 0 radical (unpaired) electrons. The van der Waals surface area contributed by atoms with Gasteiger partial charge in [0.25, 0.3) is 0 Å². The van der Waals surface area contributed by atoms with Crippen LogP contribution in [-0.2, 0) is 0 Å². The van der Waals surface area contributed by atoms with Crippen LogP contribution in [0.1, 0.15) is 31.9 Å². The maximum Gasteiger partial charge on any atom is 0.127 e. The van der Waals surface area contributed by atoms with E-state index in [0.717, 1.165) is 25.1 Å². The van der Waals surface area contributed by atoms with Crippen molar-refractivity contribution in [2.45, 2.75) is 32.4 Å². The maximum absolute atomic E-state index is 13.7. The third-order valence-corrected chi connectivity index (χ3v) is 3.91. The fourth-order valence-corrected chi connectivity index (χ4v) is 2.56. The molecule has 1 heterocycles. The summed E-state index contributed by atoms with van der Waals surface area (Å²) in [5.74, 6) is 0.375. The molecule has 3 atom stereocenters. The van der Waals surface area contributed by atoms with Crippen molar-refractivity contribution >= 4 is 0 Å². The molecule has 1 saturated heterocycles. The Morgan fingerprint density at radius 2 is 2.12 bits per heavy atom. The van der Waals surface area contributed by atoms with Crippen LogP contribution in [0.15, 0.2) is 24.3 Å². The van der Waals surface area contributed by atoms with Gasteiger partial charge in [-0.2, -0.15) is 0 Å². The average Bonchev–Trinajstić information content (AvgIpc) is 2.32. The summed E-state index contributed by atoms with van der Waals surface area (Å²) < 4.78 is 13.7. The number of piperidine rings is 1. The summed E-state index contributed by atoms with van der Waals surface area (Å²) in [6, 6.07) is 7.46. The van der Waals surface area contributed by atoms with E-state index in [1.807, 2.05) is 12.1 Å². The predicted molar refractivity (Wildman–Crippen MR) is 68.1 cm³/mol. The van der Waals surface area contributed by atoms with Gasteiger partial charge < -0.3 is 5.73 Å².